The Labute approximate surface area is 297 Å². The number of rotatable bonds is 1. The van der Waals surface area contributed by atoms with E-state index in [0.717, 1.165) is 13.4 Å². The van der Waals surface area contributed by atoms with Crippen LogP contribution in [0.3, 0.4) is 0 Å². The molecule has 2 bridgehead atoms. The second kappa shape index (κ2) is 10.1. The molecule has 6 fully saturated rings. The molecule has 14 nitrogen and oxygen atoms in total. The third kappa shape index (κ3) is 3.61. The fourth-order valence-electron chi connectivity index (χ4n) is 12.4. The lowest BCUT2D eigenvalue weighted by molar-refractivity contribution is -0.226. The van der Waals surface area contributed by atoms with E-state index in [0.29, 0.717) is 18.4 Å². The summed E-state index contributed by atoms with van der Waals surface area (Å²) in [4.78, 5) is 80.9. The van der Waals surface area contributed by atoms with Gasteiger partial charge in [0.2, 0.25) is 5.76 Å². The normalized spacial score (nSPS) is 50.2. The highest BCUT2D eigenvalue weighted by Crippen LogP contribution is 2.84. The Morgan fingerprint density at radius 2 is 1.69 bits per heavy atom. The van der Waals surface area contributed by atoms with Crippen LogP contribution in [0.2, 0.25) is 0 Å². The van der Waals surface area contributed by atoms with E-state index in [9.17, 15) is 44.1 Å². The third-order valence-electron chi connectivity index (χ3n) is 14.9. The van der Waals surface area contributed by atoms with Gasteiger partial charge in [-0.1, -0.05) is 19.9 Å². The van der Waals surface area contributed by atoms with E-state index in [4.69, 9.17) is 23.7 Å². The molecule has 52 heavy (non-hydrogen) atoms. The minimum Gasteiger partial charge on any atom is -0.466 e. The fraction of sp³-hybridized carbons (Fsp3) is 0.632. The standard InChI is InChI=1S/C38H40O14/c1-14-12-49-24(39)6-7-25(40)51-28-21-11-22-34(3,19-9-20(19)36(22,46)13-50-31(14)43)23-10-18-16-8-17(16)35(4)30(42)27(41)26(15(2)32(44)48-5)29(38(18,35)47)37(21,23)52-33(28)45/h10,12,16-20,22,29-30,42,46-47H,6-9,11,13H2,1-5H3/b14-12+,26-15+/t16-,17+,18?,19+,20-,22?,29?,30-,34-,35+,36-,37-,38-/m0/s1. The zero-order valence-electron chi connectivity index (χ0n) is 29.3. The fourth-order valence-corrected chi connectivity index (χ4v) is 12.4. The van der Waals surface area contributed by atoms with E-state index in [1.165, 1.54) is 13.8 Å². The highest BCUT2D eigenvalue weighted by atomic mass is 16.6. The predicted octanol–water partition coefficient (Wildman–Crippen LogP) is 1.26. The molecular weight excluding hydrogens is 680 g/mol. The van der Waals surface area contributed by atoms with Crippen LogP contribution in [0.25, 0.3) is 0 Å². The molecule has 3 unspecified atom stereocenters. The van der Waals surface area contributed by atoms with E-state index in [1.54, 1.807) is 6.92 Å². The molecule has 14 heteroatoms. The smallest absolute Gasteiger partial charge is 0.375 e. The molecular formula is C38H40O14. The van der Waals surface area contributed by atoms with Crippen molar-refractivity contribution in [1.82, 2.24) is 0 Å². The number of fused-ring (bicyclic) bond motifs is 7. The summed E-state index contributed by atoms with van der Waals surface area (Å²) in [6.07, 6.45) is 1.17. The first-order valence-electron chi connectivity index (χ1n) is 17.8. The Hall–Kier alpha value is -4.14. The molecule has 1 spiro atoms. The van der Waals surface area contributed by atoms with E-state index >= 15 is 0 Å². The van der Waals surface area contributed by atoms with E-state index in [1.807, 2.05) is 13.0 Å². The van der Waals surface area contributed by atoms with Gasteiger partial charge in [0.1, 0.15) is 24.6 Å². The number of ether oxygens (including phenoxy) is 5. The number of Topliss-reactive ketones (excluding diaryl/α,β-unsaturated/α-hetero) is 1. The molecule has 0 aromatic heterocycles. The van der Waals surface area contributed by atoms with E-state index in [-0.39, 0.29) is 52.4 Å². The first kappa shape index (κ1) is 33.7. The zero-order valence-corrected chi connectivity index (χ0v) is 29.3. The molecule has 2 aliphatic heterocycles. The van der Waals surface area contributed by atoms with Gasteiger partial charge in [0.15, 0.2) is 11.4 Å². The van der Waals surface area contributed by atoms with Crippen molar-refractivity contribution in [2.24, 2.45) is 52.3 Å². The van der Waals surface area contributed by atoms with Crippen LogP contribution in [0, 0.1) is 52.3 Å². The minimum atomic E-state index is -1.99. The Morgan fingerprint density at radius 1 is 0.981 bits per heavy atom. The van der Waals surface area contributed by atoms with Crippen molar-refractivity contribution in [1.29, 1.82) is 0 Å². The second-order valence-electron chi connectivity index (χ2n) is 16.7. The number of carbonyl (C=O) groups is 6. The van der Waals surface area contributed by atoms with Crippen LogP contribution in [-0.4, -0.2) is 87.6 Å². The van der Waals surface area contributed by atoms with Gasteiger partial charge >= 0.3 is 29.8 Å². The number of aliphatic hydroxyl groups is 3. The van der Waals surface area contributed by atoms with Crippen LogP contribution in [0.15, 0.2) is 46.0 Å². The van der Waals surface area contributed by atoms with Gasteiger partial charge in [-0.3, -0.25) is 14.4 Å². The van der Waals surface area contributed by atoms with Gasteiger partial charge in [0.05, 0.1) is 37.0 Å². The molecule has 0 amide bonds. The topological polar surface area (TPSA) is 209 Å². The number of aliphatic hydroxyl groups excluding tert-OH is 1. The summed E-state index contributed by atoms with van der Waals surface area (Å²) in [5, 5.41) is 37.8. The van der Waals surface area contributed by atoms with Gasteiger partial charge < -0.3 is 39.0 Å². The lowest BCUT2D eigenvalue weighted by atomic mass is 9.41. The summed E-state index contributed by atoms with van der Waals surface area (Å²) in [6.45, 7) is 5.94. The van der Waals surface area contributed by atoms with Crippen molar-refractivity contribution in [2.75, 3.05) is 13.7 Å². The van der Waals surface area contributed by atoms with Crippen molar-refractivity contribution in [3.8, 4) is 0 Å². The first-order chi connectivity index (χ1) is 24.4. The number of carbonyl (C=O) groups excluding carboxylic acids is 6. The highest BCUT2D eigenvalue weighted by molar-refractivity contribution is 6.09. The van der Waals surface area contributed by atoms with E-state index < -0.39 is 112 Å². The maximum absolute atomic E-state index is 14.6. The van der Waals surface area contributed by atoms with Crippen LogP contribution in [0.5, 0.6) is 0 Å². The maximum atomic E-state index is 14.6. The minimum absolute atomic E-state index is 0.0378. The predicted molar refractivity (Wildman–Crippen MR) is 170 cm³/mol. The van der Waals surface area contributed by atoms with Gasteiger partial charge in [-0.05, 0) is 62.4 Å². The molecule has 0 radical (unpaired) electrons. The Kier molecular flexibility index (Phi) is 6.53. The SMILES string of the molecule is COC(=O)/C(C)=C1\C(=O)[C@H](O)[C@@]2(C)[C@@H]3C[C@@H]3C3C=C4[C@]5(OC(=O)C6=C5CC5[C@](O)(COC(=O)/C(C)=C/OC(=O)CCC(=O)O6)[C@H]6C[C@H]6[C@]45C)C1[C@@]32O. The van der Waals surface area contributed by atoms with Crippen molar-refractivity contribution in [2.45, 2.75) is 82.7 Å². The molecule has 0 saturated heterocycles. The highest BCUT2D eigenvalue weighted by Gasteiger charge is 2.88. The Balaban J connectivity index is 1.33. The van der Waals surface area contributed by atoms with Gasteiger partial charge in [-0.15, -0.1) is 0 Å². The quantitative estimate of drug-likeness (QED) is 0.151. The average Bonchev–Trinajstić information content (AvgIpc) is 4.03. The second-order valence-corrected chi connectivity index (χ2v) is 16.7. The zero-order chi connectivity index (χ0) is 37.2. The summed E-state index contributed by atoms with van der Waals surface area (Å²) < 4.78 is 27.9. The monoisotopic (exact) mass is 720 g/mol. The summed E-state index contributed by atoms with van der Waals surface area (Å²) in [5.41, 5.74) is -7.80. The molecule has 2 heterocycles. The molecule has 276 valence electrons. The molecule has 13 atom stereocenters. The van der Waals surface area contributed by atoms with Gasteiger partial charge in [-0.2, -0.15) is 0 Å². The van der Waals surface area contributed by atoms with Crippen LogP contribution < -0.4 is 0 Å². The van der Waals surface area contributed by atoms with Crippen molar-refractivity contribution < 1.29 is 67.8 Å². The number of cyclic esters (lactones) is 2. The van der Waals surface area contributed by atoms with Gasteiger partial charge in [0, 0.05) is 39.4 Å². The van der Waals surface area contributed by atoms with Crippen molar-refractivity contribution >= 4 is 35.6 Å². The summed E-state index contributed by atoms with van der Waals surface area (Å²) in [7, 11) is 1.14. The lowest BCUT2D eigenvalue weighted by Gasteiger charge is -2.65. The van der Waals surface area contributed by atoms with Gasteiger partial charge in [-0.25, -0.2) is 14.4 Å². The van der Waals surface area contributed by atoms with Crippen molar-refractivity contribution in [3.05, 3.63) is 46.0 Å². The number of methoxy groups -OCH3 is 1. The van der Waals surface area contributed by atoms with Gasteiger partial charge in [0.25, 0.3) is 0 Å². The molecule has 0 aromatic carbocycles. The third-order valence-corrected chi connectivity index (χ3v) is 14.9. The number of esters is 5. The Bertz CT molecular complexity index is 1970. The number of ketones is 1. The molecule has 7 aliphatic carbocycles. The lowest BCUT2D eigenvalue weighted by Crippen LogP contribution is -2.75. The summed E-state index contributed by atoms with van der Waals surface area (Å²) in [6, 6.07) is 0. The summed E-state index contributed by atoms with van der Waals surface area (Å²) in [5.74, 6) is -9.71. The molecule has 3 N–H and O–H groups in total. The largest absolute Gasteiger partial charge is 0.466 e. The number of hydrogen-bond donors (Lipinski definition) is 3. The maximum Gasteiger partial charge on any atom is 0.375 e. The molecule has 9 rings (SSSR count). The van der Waals surface area contributed by atoms with E-state index in [2.05, 4.69) is 0 Å². The summed E-state index contributed by atoms with van der Waals surface area (Å²) >= 11 is 0. The Morgan fingerprint density at radius 3 is 2.40 bits per heavy atom. The van der Waals surface area contributed by atoms with Crippen molar-refractivity contribution in [3.63, 3.8) is 0 Å². The first-order valence-corrected chi connectivity index (χ1v) is 17.8. The van der Waals surface area contributed by atoms with Crippen LogP contribution in [0.4, 0.5) is 0 Å². The van der Waals surface area contributed by atoms with Crippen LogP contribution >= 0.6 is 0 Å². The average molecular weight is 721 g/mol. The number of hydrogen-bond acceptors (Lipinski definition) is 14. The molecule has 0 aromatic rings. The molecule has 6 saturated carbocycles. The molecule has 9 aliphatic rings. The van der Waals surface area contributed by atoms with Crippen LogP contribution in [-0.2, 0) is 52.5 Å². The van der Waals surface area contributed by atoms with Crippen LogP contribution in [0.1, 0.15) is 59.8 Å².